The van der Waals surface area contributed by atoms with Gasteiger partial charge in [0.25, 0.3) is 0 Å². The molecular weight excluding hydrogens is 248 g/mol. The third kappa shape index (κ3) is 3.97. The Balaban J connectivity index is 1.78. The number of carbonyl (C=O) groups excluding carboxylic acids is 1. The molecule has 1 atom stereocenters. The van der Waals surface area contributed by atoms with Crippen LogP contribution in [0, 0.1) is 5.92 Å². The Morgan fingerprint density at radius 1 is 1.58 bits per heavy atom. The van der Waals surface area contributed by atoms with Gasteiger partial charge in [0, 0.05) is 12.7 Å². The molecule has 0 aromatic carbocycles. The minimum Gasteiger partial charge on any atom is -0.481 e. The van der Waals surface area contributed by atoms with Gasteiger partial charge in [-0.15, -0.1) is 0 Å². The molecule has 0 radical (unpaired) electrons. The Labute approximate surface area is 111 Å². The van der Waals surface area contributed by atoms with Crippen molar-refractivity contribution in [3.8, 4) is 0 Å². The summed E-state index contributed by atoms with van der Waals surface area (Å²) in [4.78, 5) is 21.8. The Bertz CT molecular complexity index is 467. The van der Waals surface area contributed by atoms with Crippen LogP contribution < -0.4 is 10.6 Å². The number of amides is 2. The minimum absolute atomic E-state index is 0.0919. The molecular formula is C12H18N4O3. The lowest BCUT2D eigenvalue weighted by atomic mass is 10.2. The van der Waals surface area contributed by atoms with Crippen molar-refractivity contribution < 1.29 is 14.7 Å². The van der Waals surface area contributed by atoms with Gasteiger partial charge in [0.2, 0.25) is 0 Å². The highest BCUT2D eigenvalue weighted by atomic mass is 16.4. The van der Waals surface area contributed by atoms with Crippen LogP contribution in [0.2, 0.25) is 0 Å². The first-order valence-corrected chi connectivity index (χ1v) is 6.37. The maximum absolute atomic E-state index is 11.5. The van der Waals surface area contributed by atoms with Crippen molar-refractivity contribution in [3.63, 3.8) is 0 Å². The molecule has 1 heterocycles. The zero-order valence-electron chi connectivity index (χ0n) is 10.8. The van der Waals surface area contributed by atoms with Gasteiger partial charge >= 0.3 is 12.0 Å². The number of rotatable bonds is 6. The molecule has 1 aromatic rings. The van der Waals surface area contributed by atoms with Gasteiger partial charge in [0.05, 0.1) is 24.3 Å². The second-order valence-electron chi connectivity index (χ2n) is 4.81. The third-order valence-electron chi connectivity index (χ3n) is 3.21. The van der Waals surface area contributed by atoms with Gasteiger partial charge in [-0.05, 0) is 25.7 Å². The fourth-order valence-electron chi connectivity index (χ4n) is 1.88. The van der Waals surface area contributed by atoms with Gasteiger partial charge in [-0.2, -0.15) is 5.10 Å². The molecule has 0 saturated heterocycles. The summed E-state index contributed by atoms with van der Waals surface area (Å²) in [5, 5.41) is 17.8. The molecule has 0 aliphatic heterocycles. The van der Waals surface area contributed by atoms with Crippen molar-refractivity contribution in [2.45, 2.75) is 32.2 Å². The highest BCUT2D eigenvalue weighted by molar-refractivity contribution is 5.89. The molecule has 1 aliphatic rings. The van der Waals surface area contributed by atoms with Crippen LogP contribution in [0.3, 0.4) is 0 Å². The first-order valence-electron chi connectivity index (χ1n) is 6.37. The van der Waals surface area contributed by atoms with Gasteiger partial charge in [0.15, 0.2) is 0 Å². The number of carboxylic acids is 1. The van der Waals surface area contributed by atoms with Gasteiger partial charge in [0.1, 0.15) is 0 Å². The Morgan fingerprint density at radius 2 is 2.32 bits per heavy atom. The van der Waals surface area contributed by atoms with Crippen LogP contribution in [0.15, 0.2) is 12.4 Å². The van der Waals surface area contributed by atoms with Crippen LogP contribution in [0.4, 0.5) is 10.5 Å². The van der Waals surface area contributed by atoms with Crippen molar-refractivity contribution in [3.05, 3.63) is 12.4 Å². The molecule has 1 unspecified atom stereocenters. The minimum atomic E-state index is -0.939. The number of anilines is 1. The second kappa shape index (κ2) is 5.73. The lowest BCUT2D eigenvalue weighted by molar-refractivity contribution is -0.136. The molecule has 104 valence electrons. The van der Waals surface area contributed by atoms with E-state index in [1.165, 1.54) is 12.8 Å². The first-order chi connectivity index (χ1) is 9.06. The van der Waals surface area contributed by atoms with Crippen molar-refractivity contribution in [2.24, 2.45) is 5.92 Å². The van der Waals surface area contributed by atoms with E-state index in [0.717, 1.165) is 0 Å². The number of aliphatic carboxylic acids is 1. The maximum Gasteiger partial charge on any atom is 0.319 e. The van der Waals surface area contributed by atoms with Crippen molar-refractivity contribution in [2.75, 3.05) is 11.9 Å². The van der Waals surface area contributed by atoms with Crippen LogP contribution in [-0.2, 0) is 4.79 Å². The summed E-state index contributed by atoms with van der Waals surface area (Å²) in [7, 11) is 0. The third-order valence-corrected chi connectivity index (χ3v) is 3.21. The molecule has 1 aliphatic carbocycles. The van der Waals surface area contributed by atoms with Crippen molar-refractivity contribution in [1.82, 2.24) is 15.1 Å². The fraction of sp³-hybridized carbons (Fsp3) is 0.583. The van der Waals surface area contributed by atoms with E-state index in [1.54, 1.807) is 12.4 Å². The molecule has 1 aromatic heterocycles. The molecule has 7 nitrogen and oxygen atoms in total. The summed E-state index contributed by atoms with van der Waals surface area (Å²) < 4.78 is 1.85. The largest absolute Gasteiger partial charge is 0.481 e. The lowest BCUT2D eigenvalue weighted by Gasteiger charge is -2.09. The van der Waals surface area contributed by atoms with E-state index < -0.39 is 12.0 Å². The lowest BCUT2D eigenvalue weighted by Crippen LogP contribution is -2.30. The molecule has 2 rings (SSSR count). The Kier molecular flexibility index (Phi) is 4.03. The molecule has 7 heteroatoms. The summed E-state index contributed by atoms with van der Waals surface area (Å²) >= 11 is 0. The van der Waals surface area contributed by atoms with Crippen LogP contribution >= 0.6 is 0 Å². The number of hydrogen-bond acceptors (Lipinski definition) is 3. The standard InChI is InChI=1S/C12H18N4O3/c1-8(9-2-3-9)16-7-10(6-14-16)15-12(19)13-5-4-11(17)18/h6-9H,2-5H2,1H3,(H,17,18)(H2,13,15,19). The van der Waals surface area contributed by atoms with E-state index in [9.17, 15) is 9.59 Å². The molecule has 0 spiro atoms. The Hall–Kier alpha value is -2.05. The second-order valence-corrected chi connectivity index (χ2v) is 4.81. The number of urea groups is 1. The van der Waals surface area contributed by atoms with Crippen molar-refractivity contribution >= 4 is 17.7 Å². The maximum atomic E-state index is 11.5. The summed E-state index contributed by atoms with van der Waals surface area (Å²) in [6.07, 6.45) is 5.76. The number of aromatic nitrogens is 2. The van der Waals surface area contributed by atoms with E-state index in [0.29, 0.717) is 17.6 Å². The normalized spacial score (nSPS) is 15.8. The first kappa shape index (κ1) is 13.4. The van der Waals surface area contributed by atoms with E-state index in [2.05, 4.69) is 22.7 Å². The average Bonchev–Trinajstić information content (AvgIpc) is 3.09. The molecule has 2 amide bonds. The zero-order valence-corrected chi connectivity index (χ0v) is 10.8. The van der Waals surface area contributed by atoms with Gasteiger partial charge < -0.3 is 15.7 Å². The zero-order chi connectivity index (χ0) is 13.8. The number of carboxylic acid groups (broad SMARTS) is 1. The van der Waals surface area contributed by atoms with E-state index in [1.807, 2.05) is 4.68 Å². The molecule has 1 fully saturated rings. The summed E-state index contributed by atoms with van der Waals surface area (Å²) in [5.74, 6) is -0.247. The quantitative estimate of drug-likeness (QED) is 0.726. The van der Waals surface area contributed by atoms with E-state index >= 15 is 0 Å². The van der Waals surface area contributed by atoms with E-state index in [-0.39, 0.29) is 13.0 Å². The molecule has 0 bridgehead atoms. The van der Waals surface area contributed by atoms with Gasteiger partial charge in [-0.3, -0.25) is 9.48 Å². The molecule has 19 heavy (non-hydrogen) atoms. The SMILES string of the molecule is CC(C1CC1)n1cc(NC(=O)NCCC(=O)O)cn1. The fourth-order valence-corrected chi connectivity index (χ4v) is 1.88. The number of hydrogen-bond donors (Lipinski definition) is 3. The topological polar surface area (TPSA) is 96.2 Å². The Morgan fingerprint density at radius 3 is 2.95 bits per heavy atom. The highest BCUT2D eigenvalue weighted by Crippen LogP contribution is 2.39. The number of nitrogens with zero attached hydrogens (tertiary/aromatic N) is 2. The molecule has 1 saturated carbocycles. The summed E-state index contributed by atoms with van der Waals surface area (Å²) in [5.41, 5.74) is 0.611. The van der Waals surface area contributed by atoms with Crippen LogP contribution in [0.1, 0.15) is 32.2 Å². The summed E-state index contributed by atoms with van der Waals surface area (Å²) in [6, 6.07) is -0.0644. The van der Waals surface area contributed by atoms with Gasteiger partial charge in [-0.1, -0.05) is 0 Å². The number of carbonyl (C=O) groups is 2. The van der Waals surface area contributed by atoms with Crippen LogP contribution in [0.5, 0.6) is 0 Å². The highest BCUT2D eigenvalue weighted by Gasteiger charge is 2.29. The van der Waals surface area contributed by atoms with E-state index in [4.69, 9.17) is 5.11 Å². The molecule has 3 N–H and O–H groups in total. The average molecular weight is 266 g/mol. The number of nitrogens with one attached hydrogen (secondary N) is 2. The predicted octanol–water partition coefficient (Wildman–Crippen LogP) is 1.45. The van der Waals surface area contributed by atoms with Crippen LogP contribution in [0.25, 0.3) is 0 Å². The van der Waals surface area contributed by atoms with Crippen molar-refractivity contribution in [1.29, 1.82) is 0 Å². The monoisotopic (exact) mass is 266 g/mol. The predicted molar refractivity (Wildman–Crippen MR) is 68.9 cm³/mol. The van der Waals surface area contributed by atoms with Gasteiger partial charge in [-0.25, -0.2) is 4.79 Å². The van der Waals surface area contributed by atoms with Crippen LogP contribution in [-0.4, -0.2) is 33.4 Å². The summed E-state index contributed by atoms with van der Waals surface area (Å²) in [6.45, 7) is 2.22. The smallest absolute Gasteiger partial charge is 0.319 e.